The van der Waals surface area contributed by atoms with E-state index in [1.54, 1.807) is 25.0 Å². The van der Waals surface area contributed by atoms with Crippen LogP contribution >= 0.6 is 0 Å². The quantitative estimate of drug-likeness (QED) is 0.894. The maximum Gasteiger partial charge on any atom is 0.239 e. The molecule has 0 radical (unpaired) electrons. The molecule has 1 aromatic carbocycles. The second-order valence-electron chi connectivity index (χ2n) is 5.35. The van der Waals surface area contributed by atoms with Gasteiger partial charge in [-0.25, -0.2) is 4.39 Å². The third-order valence-electron chi connectivity index (χ3n) is 3.71. The van der Waals surface area contributed by atoms with Gasteiger partial charge in [-0.2, -0.15) is 0 Å². The number of rotatable bonds is 4. The molecule has 21 heavy (non-hydrogen) atoms. The number of benzene rings is 1. The van der Waals surface area contributed by atoms with Gasteiger partial charge in [0.15, 0.2) is 0 Å². The second kappa shape index (κ2) is 6.87. The first kappa shape index (κ1) is 15.7. The Labute approximate surface area is 124 Å². The first-order valence-electron chi connectivity index (χ1n) is 7.10. The van der Waals surface area contributed by atoms with Gasteiger partial charge in [0.25, 0.3) is 0 Å². The van der Waals surface area contributed by atoms with Gasteiger partial charge in [0.1, 0.15) is 11.6 Å². The van der Waals surface area contributed by atoms with Gasteiger partial charge in [-0.05, 0) is 25.1 Å². The molecule has 1 atom stereocenters. The van der Waals surface area contributed by atoms with Gasteiger partial charge in [0.2, 0.25) is 5.91 Å². The molecule has 2 rings (SSSR count). The fourth-order valence-electron chi connectivity index (χ4n) is 2.53. The Morgan fingerprint density at radius 3 is 2.62 bits per heavy atom. The molecule has 0 bridgehead atoms. The van der Waals surface area contributed by atoms with Gasteiger partial charge >= 0.3 is 0 Å². The Morgan fingerprint density at radius 1 is 1.38 bits per heavy atom. The minimum atomic E-state index is -0.458. The van der Waals surface area contributed by atoms with Crippen molar-refractivity contribution in [2.75, 3.05) is 33.3 Å². The summed E-state index contributed by atoms with van der Waals surface area (Å²) in [6.45, 7) is 5.11. The SMILES string of the molecule is COc1ccc(F)cc1CN1CCN(C(=O)C(C)N)CC1. The minimum Gasteiger partial charge on any atom is -0.496 e. The molecule has 1 aliphatic heterocycles. The Hall–Kier alpha value is -1.66. The molecule has 1 fully saturated rings. The molecular weight excluding hydrogens is 273 g/mol. The lowest BCUT2D eigenvalue weighted by atomic mass is 10.1. The number of nitrogens with zero attached hydrogens (tertiary/aromatic N) is 2. The number of amides is 1. The van der Waals surface area contributed by atoms with Gasteiger partial charge in [0.05, 0.1) is 13.2 Å². The predicted molar refractivity (Wildman–Crippen MR) is 78.5 cm³/mol. The summed E-state index contributed by atoms with van der Waals surface area (Å²) in [5.74, 6) is 0.403. The fourth-order valence-corrected chi connectivity index (χ4v) is 2.53. The largest absolute Gasteiger partial charge is 0.496 e. The number of halogens is 1. The molecule has 0 saturated carbocycles. The number of hydrogen-bond donors (Lipinski definition) is 1. The molecule has 116 valence electrons. The zero-order chi connectivity index (χ0) is 15.4. The summed E-state index contributed by atoms with van der Waals surface area (Å²) in [6, 6.07) is 4.07. The number of carbonyl (C=O) groups excluding carboxylic acids is 1. The maximum atomic E-state index is 13.4. The van der Waals surface area contributed by atoms with Crippen molar-refractivity contribution in [3.8, 4) is 5.75 Å². The van der Waals surface area contributed by atoms with E-state index in [9.17, 15) is 9.18 Å². The van der Waals surface area contributed by atoms with Crippen molar-refractivity contribution in [2.45, 2.75) is 19.5 Å². The van der Waals surface area contributed by atoms with Crippen LogP contribution in [0.2, 0.25) is 0 Å². The lowest BCUT2D eigenvalue weighted by Crippen LogP contribution is -2.52. The van der Waals surface area contributed by atoms with E-state index in [1.807, 2.05) is 0 Å². The van der Waals surface area contributed by atoms with Crippen LogP contribution in [0.5, 0.6) is 5.75 Å². The average Bonchev–Trinajstić information content (AvgIpc) is 2.47. The Balaban J connectivity index is 1.95. The highest BCUT2D eigenvalue weighted by molar-refractivity contribution is 5.81. The van der Waals surface area contributed by atoms with E-state index in [1.165, 1.54) is 12.1 Å². The molecule has 0 aliphatic carbocycles. The molecule has 6 heteroatoms. The molecule has 2 N–H and O–H groups in total. The van der Waals surface area contributed by atoms with Crippen molar-refractivity contribution in [1.82, 2.24) is 9.80 Å². The van der Waals surface area contributed by atoms with Crippen molar-refractivity contribution < 1.29 is 13.9 Å². The van der Waals surface area contributed by atoms with Gasteiger partial charge in [-0.1, -0.05) is 0 Å². The van der Waals surface area contributed by atoms with Crippen LogP contribution in [0.15, 0.2) is 18.2 Å². The van der Waals surface area contributed by atoms with E-state index in [0.29, 0.717) is 25.4 Å². The highest BCUT2D eigenvalue weighted by Gasteiger charge is 2.23. The molecule has 1 amide bonds. The van der Waals surface area contributed by atoms with Gasteiger partial charge in [0, 0.05) is 38.3 Å². The normalized spacial score (nSPS) is 17.6. The highest BCUT2D eigenvalue weighted by Crippen LogP contribution is 2.21. The standard InChI is InChI=1S/C15H22FN3O2/c1-11(17)15(20)19-7-5-18(6-8-19)10-12-9-13(16)3-4-14(12)21-2/h3-4,9,11H,5-8,10,17H2,1-2H3. The number of hydrogen-bond acceptors (Lipinski definition) is 4. The number of methoxy groups -OCH3 is 1. The zero-order valence-corrected chi connectivity index (χ0v) is 12.5. The maximum absolute atomic E-state index is 13.4. The van der Waals surface area contributed by atoms with Crippen LogP contribution in [0.1, 0.15) is 12.5 Å². The van der Waals surface area contributed by atoms with Crippen molar-refractivity contribution in [3.05, 3.63) is 29.6 Å². The summed E-state index contributed by atoms with van der Waals surface area (Å²) in [6.07, 6.45) is 0. The van der Waals surface area contributed by atoms with Crippen LogP contribution in [-0.2, 0) is 11.3 Å². The molecule has 0 aromatic heterocycles. The fraction of sp³-hybridized carbons (Fsp3) is 0.533. The van der Waals surface area contributed by atoms with E-state index in [4.69, 9.17) is 10.5 Å². The van der Waals surface area contributed by atoms with E-state index in [2.05, 4.69) is 4.90 Å². The molecule has 0 spiro atoms. The summed E-state index contributed by atoms with van der Waals surface area (Å²) in [7, 11) is 1.58. The number of piperazine rings is 1. The van der Waals surface area contributed by atoms with Crippen molar-refractivity contribution in [1.29, 1.82) is 0 Å². The van der Waals surface area contributed by atoms with Gasteiger partial charge < -0.3 is 15.4 Å². The Kier molecular flexibility index (Phi) is 5.14. The molecule has 1 saturated heterocycles. The second-order valence-corrected chi connectivity index (χ2v) is 5.35. The number of ether oxygens (including phenoxy) is 1. The van der Waals surface area contributed by atoms with Crippen LogP contribution in [0.4, 0.5) is 4.39 Å². The summed E-state index contributed by atoms with van der Waals surface area (Å²) in [5.41, 5.74) is 6.44. The third kappa shape index (κ3) is 3.92. The van der Waals surface area contributed by atoms with E-state index in [0.717, 1.165) is 18.7 Å². The highest BCUT2D eigenvalue weighted by atomic mass is 19.1. The summed E-state index contributed by atoms with van der Waals surface area (Å²) >= 11 is 0. The van der Waals surface area contributed by atoms with Crippen molar-refractivity contribution in [3.63, 3.8) is 0 Å². The van der Waals surface area contributed by atoms with Crippen LogP contribution in [0.3, 0.4) is 0 Å². The zero-order valence-electron chi connectivity index (χ0n) is 12.5. The molecular formula is C15H22FN3O2. The average molecular weight is 295 g/mol. The van der Waals surface area contributed by atoms with Crippen LogP contribution < -0.4 is 10.5 Å². The number of carbonyl (C=O) groups is 1. The third-order valence-corrected chi connectivity index (χ3v) is 3.71. The summed E-state index contributed by atoms with van der Waals surface area (Å²) in [4.78, 5) is 15.8. The van der Waals surface area contributed by atoms with Crippen LogP contribution in [0, 0.1) is 5.82 Å². The van der Waals surface area contributed by atoms with E-state index >= 15 is 0 Å². The summed E-state index contributed by atoms with van der Waals surface area (Å²) < 4.78 is 18.6. The van der Waals surface area contributed by atoms with Crippen molar-refractivity contribution in [2.24, 2.45) is 5.73 Å². The van der Waals surface area contributed by atoms with Crippen molar-refractivity contribution >= 4 is 5.91 Å². The molecule has 1 aromatic rings. The van der Waals surface area contributed by atoms with E-state index in [-0.39, 0.29) is 11.7 Å². The minimum absolute atomic E-state index is 0.0158. The van der Waals surface area contributed by atoms with Gasteiger partial charge in [-0.3, -0.25) is 9.69 Å². The van der Waals surface area contributed by atoms with E-state index < -0.39 is 6.04 Å². The number of nitrogens with two attached hydrogens (primary N) is 1. The summed E-state index contributed by atoms with van der Waals surface area (Å²) in [5, 5.41) is 0. The Bertz CT molecular complexity index is 500. The molecule has 5 nitrogen and oxygen atoms in total. The first-order valence-corrected chi connectivity index (χ1v) is 7.10. The lowest BCUT2D eigenvalue weighted by molar-refractivity contribution is -0.134. The topological polar surface area (TPSA) is 58.8 Å². The molecule has 1 unspecified atom stereocenters. The van der Waals surface area contributed by atoms with Crippen LogP contribution in [-0.4, -0.2) is 55.0 Å². The predicted octanol–water partition coefficient (Wildman–Crippen LogP) is 0.826. The molecule has 1 aliphatic rings. The Morgan fingerprint density at radius 2 is 2.05 bits per heavy atom. The van der Waals surface area contributed by atoms with Crippen LogP contribution in [0.25, 0.3) is 0 Å². The van der Waals surface area contributed by atoms with Gasteiger partial charge in [-0.15, -0.1) is 0 Å². The first-order chi connectivity index (χ1) is 10.0. The molecule has 1 heterocycles. The lowest BCUT2D eigenvalue weighted by Gasteiger charge is -2.35. The monoisotopic (exact) mass is 295 g/mol. The smallest absolute Gasteiger partial charge is 0.239 e.